The quantitative estimate of drug-likeness (QED) is 0.874. The third-order valence-electron chi connectivity index (χ3n) is 3.09. The largest absolute Gasteiger partial charge is 0.296 e. The van der Waals surface area contributed by atoms with E-state index in [-0.39, 0.29) is 36.8 Å². The van der Waals surface area contributed by atoms with Crippen molar-refractivity contribution >= 4 is 35.7 Å². The average Bonchev–Trinajstić information content (AvgIpc) is 2.73. The molecule has 1 aliphatic heterocycles. The van der Waals surface area contributed by atoms with E-state index in [4.69, 9.17) is 0 Å². The van der Waals surface area contributed by atoms with Gasteiger partial charge in [-0.15, -0.1) is 24.8 Å². The zero-order chi connectivity index (χ0) is 11.0. The number of rotatable bonds is 1. The molecule has 18 heavy (non-hydrogen) atoms. The lowest BCUT2D eigenvalue weighted by Crippen LogP contribution is -2.31. The molecule has 1 fully saturated rings. The molecule has 1 saturated heterocycles. The molecule has 1 atom stereocenters. The summed E-state index contributed by atoms with van der Waals surface area (Å²) in [6, 6.07) is 4.73. The summed E-state index contributed by atoms with van der Waals surface area (Å²) in [4.78, 5) is 0. The Morgan fingerprint density at radius 2 is 2.11 bits per heavy atom. The molecule has 100 valence electrons. The first kappa shape index (κ1) is 15.2. The monoisotopic (exact) mass is 291 g/mol. The van der Waals surface area contributed by atoms with E-state index in [1.165, 1.54) is 25.0 Å². The van der Waals surface area contributed by atoms with Crippen molar-refractivity contribution in [1.82, 2.24) is 15.1 Å². The standard InChI is InChI=1S/C12H14FN3.2ClH/c13-10-5-4-9-8-16(15-11(9)7-10)12-3-1-2-6-14-12;;/h4-5,7-8,12,14H,1-3,6H2;2*1H. The fourth-order valence-corrected chi connectivity index (χ4v) is 2.23. The number of halogens is 3. The maximum Gasteiger partial charge on any atom is 0.125 e. The number of hydrogen-bond acceptors (Lipinski definition) is 2. The summed E-state index contributed by atoms with van der Waals surface area (Å²) >= 11 is 0. The highest BCUT2D eigenvalue weighted by Crippen LogP contribution is 2.20. The van der Waals surface area contributed by atoms with Gasteiger partial charge in [0.2, 0.25) is 0 Å². The van der Waals surface area contributed by atoms with Crippen molar-refractivity contribution in [2.45, 2.75) is 25.4 Å². The van der Waals surface area contributed by atoms with E-state index in [1.807, 2.05) is 10.9 Å². The Bertz CT molecular complexity index is 509. The van der Waals surface area contributed by atoms with Crippen molar-refractivity contribution in [3.63, 3.8) is 0 Å². The molecule has 2 aromatic rings. The number of nitrogens with zero attached hydrogens (tertiary/aromatic N) is 2. The van der Waals surface area contributed by atoms with Crippen LogP contribution < -0.4 is 5.32 Å². The van der Waals surface area contributed by atoms with Gasteiger partial charge in [-0.3, -0.25) is 10.00 Å². The van der Waals surface area contributed by atoms with E-state index in [1.54, 1.807) is 6.07 Å². The summed E-state index contributed by atoms with van der Waals surface area (Å²) < 4.78 is 14.9. The van der Waals surface area contributed by atoms with Crippen molar-refractivity contribution in [2.75, 3.05) is 6.54 Å². The van der Waals surface area contributed by atoms with Gasteiger partial charge in [-0.1, -0.05) is 0 Å². The second-order valence-electron chi connectivity index (χ2n) is 4.28. The molecule has 0 amide bonds. The van der Waals surface area contributed by atoms with E-state index in [0.29, 0.717) is 0 Å². The first-order valence-electron chi connectivity index (χ1n) is 5.71. The fraction of sp³-hybridized carbons (Fsp3) is 0.417. The van der Waals surface area contributed by atoms with Gasteiger partial charge in [0.25, 0.3) is 0 Å². The van der Waals surface area contributed by atoms with Crippen molar-refractivity contribution in [1.29, 1.82) is 0 Å². The molecule has 6 heteroatoms. The van der Waals surface area contributed by atoms with Crippen molar-refractivity contribution in [3.8, 4) is 0 Å². The molecule has 1 unspecified atom stereocenters. The van der Waals surface area contributed by atoms with Gasteiger partial charge in [-0.05, 0) is 37.9 Å². The summed E-state index contributed by atoms with van der Waals surface area (Å²) in [5, 5.41) is 8.82. The zero-order valence-electron chi connectivity index (χ0n) is 9.80. The van der Waals surface area contributed by atoms with E-state index in [0.717, 1.165) is 23.9 Å². The van der Waals surface area contributed by atoms with Crippen LogP contribution >= 0.6 is 24.8 Å². The van der Waals surface area contributed by atoms with Crippen molar-refractivity contribution < 1.29 is 4.39 Å². The Kier molecular flexibility index (Phi) is 5.38. The first-order chi connectivity index (χ1) is 7.83. The van der Waals surface area contributed by atoms with Crippen molar-refractivity contribution in [3.05, 3.63) is 30.2 Å². The molecule has 1 aromatic carbocycles. The Labute approximate surface area is 118 Å². The second kappa shape index (κ2) is 6.36. The third-order valence-corrected chi connectivity index (χ3v) is 3.09. The first-order valence-corrected chi connectivity index (χ1v) is 5.71. The van der Waals surface area contributed by atoms with Gasteiger partial charge in [0.15, 0.2) is 0 Å². The van der Waals surface area contributed by atoms with E-state index in [2.05, 4.69) is 10.4 Å². The molecular formula is C12H16Cl2FN3. The number of aromatic nitrogens is 2. The molecule has 3 rings (SSSR count). The van der Waals surface area contributed by atoms with Gasteiger partial charge < -0.3 is 0 Å². The number of piperidine rings is 1. The topological polar surface area (TPSA) is 29.9 Å². The molecule has 0 aliphatic carbocycles. The smallest absolute Gasteiger partial charge is 0.125 e. The summed E-state index contributed by atoms with van der Waals surface area (Å²) in [6.45, 7) is 1.04. The van der Waals surface area contributed by atoms with Crippen LogP contribution in [0, 0.1) is 5.82 Å². The molecule has 0 radical (unpaired) electrons. The minimum atomic E-state index is -0.227. The van der Waals surface area contributed by atoms with Crippen LogP contribution in [0.4, 0.5) is 4.39 Å². The Balaban J connectivity index is 0.000000810. The molecule has 0 spiro atoms. The van der Waals surface area contributed by atoms with E-state index >= 15 is 0 Å². The molecule has 2 heterocycles. The highest BCUT2D eigenvalue weighted by atomic mass is 35.5. The van der Waals surface area contributed by atoms with Crippen LogP contribution in [-0.2, 0) is 0 Å². The molecule has 3 nitrogen and oxygen atoms in total. The predicted octanol–water partition coefficient (Wildman–Crippen LogP) is 3.29. The molecule has 1 aliphatic rings. The lowest BCUT2D eigenvalue weighted by Gasteiger charge is -2.23. The summed E-state index contributed by atoms with van der Waals surface area (Å²) in [5.74, 6) is -0.227. The molecular weight excluding hydrogens is 276 g/mol. The summed E-state index contributed by atoms with van der Waals surface area (Å²) in [6.07, 6.45) is 5.80. The maximum absolute atomic E-state index is 13.0. The van der Waals surface area contributed by atoms with Crippen LogP contribution in [0.25, 0.3) is 10.9 Å². The highest BCUT2D eigenvalue weighted by Gasteiger charge is 2.15. The van der Waals surface area contributed by atoms with Crippen LogP contribution in [0.15, 0.2) is 24.4 Å². The van der Waals surface area contributed by atoms with Gasteiger partial charge in [0, 0.05) is 17.6 Å². The number of fused-ring (bicyclic) bond motifs is 1. The molecule has 1 aromatic heterocycles. The lowest BCUT2D eigenvalue weighted by atomic mass is 10.1. The van der Waals surface area contributed by atoms with Gasteiger partial charge in [0.05, 0.1) is 5.52 Å². The molecule has 0 bridgehead atoms. The Hall–Kier alpha value is -0.840. The predicted molar refractivity (Wildman–Crippen MR) is 75.1 cm³/mol. The van der Waals surface area contributed by atoms with Crippen LogP contribution in [-0.4, -0.2) is 16.3 Å². The van der Waals surface area contributed by atoms with E-state index < -0.39 is 0 Å². The summed E-state index contributed by atoms with van der Waals surface area (Å²) in [5.41, 5.74) is 0.729. The maximum atomic E-state index is 13.0. The van der Waals surface area contributed by atoms with Gasteiger partial charge in [0.1, 0.15) is 12.0 Å². The van der Waals surface area contributed by atoms with Gasteiger partial charge >= 0.3 is 0 Å². The number of hydrogen-bond donors (Lipinski definition) is 1. The van der Waals surface area contributed by atoms with Crippen LogP contribution in [0.2, 0.25) is 0 Å². The van der Waals surface area contributed by atoms with E-state index in [9.17, 15) is 4.39 Å². The Morgan fingerprint density at radius 3 is 2.83 bits per heavy atom. The molecule has 1 N–H and O–H groups in total. The van der Waals surface area contributed by atoms with Crippen LogP contribution in [0.3, 0.4) is 0 Å². The second-order valence-corrected chi connectivity index (χ2v) is 4.28. The SMILES string of the molecule is Cl.Cl.Fc1ccc2cn(C3CCCCN3)nc2c1. The average molecular weight is 292 g/mol. The van der Waals surface area contributed by atoms with Crippen LogP contribution in [0.1, 0.15) is 25.4 Å². The van der Waals surface area contributed by atoms with Gasteiger partial charge in [-0.2, -0.15) is 5.10 Å². The number of nitrogens with one attached hydrogen (secondary N) is 1. The summed E-state index contributed by atoms with van der Waals surface area (Å²) in [7, 11) is 0. The minimum absolute atomic E-state index is 0. The third kappa shape index (κ3) is 2.94. The highest BCUT2D eigenvalue weighted by molar-refractivity contribution is 5.85. The normalized spacial score (nSPS) is 19.1. The fourth-order valence-electron chi connectivity index (χ4n) is 2.23. The van der Waals surface area contributed by atoms with Crippen LogP contribution in [0.5, 0.6) is 0 Å². The zero-order valence-corrected chi connectivity index (χ0v) is 11.4. The lowest BCUT2D eigenvalue weighted by molar-refractivity contribution is 0.299. The van der Waals surface area contributed by atoms with Crippen molar-refractivity contribution in [2.24, 2.45) is 0 Å². The minimum Gasteiger partial charge on any atom is -0.296 e. The Morgan fingerprint density at radius 1 is 1.28 bits per heavy atom. The number of benzene rings is 1. The molecule has 0 saturated carbocycles. The van der Waals surface area contributed by atoms with Gasteiger partial charge in [-0.25, -0.2) is 4.39 Å².